The summed E-state index contributed by atoms with van der Waals surface area (Å²) in [5, 5.41) is 8.98. The summed E-state index contributed by atoms with van der Waals surface area (Å²) in [5.74, 6) is 0.217. The summed E-state index contributed by atoms with van der Waals surface area (Å²) in [6, 6.07) is 17.5. The molecule has 5 nitrogen and oxygen atoms in total. The molecule has 0 radical (unpaired) electrons. The molecule has 0 spiro atoms. The van der Waals surface area contributed by atoms with Gasteiger partial charge in [-0.15, -0.1) is 12.4 Å². The minimum Gasteiger partial charge on any atom is -0.332 e. The van der Waals surface area contributed by atoms with Gasteiger partial charge in [-0.1, -0.05) is 66.2 Å². The van der Waals surface area contributed by atoms with Gasteiger partial charge in [0.25, 0.3) is 5.91 Å². The smallest absolute Gasteiger partial charge is 0.267 e. The van der Waals surface area contributed by atoms with Crippen LogP contribution in [0.2, 0.25) is 5.15 Å². The van der Waals surface area contributed by atoms with Crippen molar-refractivity contribution < 1.29 is 10.0 Å². The number of nitrogens with one attached hydrogen (secondary N) is 2. The Hall–Kier alpha value is -2.60. The molecule has 3 aromatic rings. The standard InChI is InChI=1S/C19H16ClN3O2.ClH/c20-19-18(15-4-2-1-3-5-15)21-16(22-19)12-14-8-6-13(7-9-14)10-11-17(24)23-25;/h1-11,25H,12H2,(H,21,22)(H,23,24);1H/b11-10+;. The van der Waals surface area contributed by atoms with Gasteiger partial charge in [0.15, 0.2) is 0 Å². The summed E-state index contributed by atoms with van der Waals surface area (Å²) in [6.07, 6.45) is 3.49. The maximum absolute atomic E-state index is 11.0. The highest BCUT2D eigenvalue weighted by molar-refractivity contribution is 6.31. The normalized spacial score (nSPS) is 10.5. The van der Waals surface area contributed by atoms with E-state index in [1.165, 1.54) is 6.08 Å². The quantitative estimate of drug-likeness (QED) is 0.346. The van der Waals surface area contributed by atoms with Crippen LogP contribution in [0.1, 0.15) is 17.0 Å². The van der Waals surface area contributed by atoms with Crippen LogP contribution in [-0.2, 0) is 11.2 Å². The number of halogens is 2. The molecule has 26 heavy (non-hydrogen) atoms. The summed E-state index contributed by atoms with van der Waals surface area (Å²) in [4.78, 5) is 18.7. The van der Waals surface area contributed by atoms with E-state index < -0.39 is 5.91 Å². The van der Waals surface area contributed by atoms with Crippen LogP contribution in [0.15, 0.2) is 60.7 Å². The summed E-state index contributed by atoms with van der Waals surface area (Å²) < 4.78 is 0. The van der Waals surface area contributed by atoms with E-state index in [4.69, 9.17) is 16.8 Å². The lowest BCUT2D eigenvalue weighted by atomic mass is 10.1. The predicted molar refractivity (Wildman–Crippen MR) is 104 cm³/mol. The van der Waals surface area contributed by atoms with Crippen molar-refractivity contribution >= 4 is 36.0 Å². The van der Waals surface area contributed by atoms with Crippen LogP contribution in [0.3, 0.4) is 0 Å². The first-order valence-electron chi connectivity index (χ1n) is 7.66. The molecular formula is C19H17Cl2N3O2. The van der Waals surface area contributed by atoms with E-state index in [2.05, 4.69) is 9.97 Å². The predicted octanol–water partition coefficient (Wildman–Crippen LogP) is 4.26. The number of aromatic amines is 1. The van der Waals surface area contributed by atoms with Crippen molar-refractivity contribution in [2.75, 3.05) is 0 Å². The Morgan fingerprint density at radius 1 is 1.15 bits per heavy atom. The molecule has 0 aliphatic carbocycles. The molecule has 0 unspecified atom stereocenters. The topological polar surface area (TPSA) is 78.0 Å². The minimum atomic E-state index is -0.567. The highest BCUT2D eigenvalue weighted by Crippen LogP contribution is 2.26. The molecule has 3 rings (SSSR count). The Balaban J connectivity index is 0.00000243. The molecule has 0 saturated heterocycles. The number of carbonyl (C=O) groups is 1. The number of hydroxylamine groups is 1. The molecule has 0 aliphatic heterocycles. The summed E-state index contributed by atoms with van der Waals surface area (Å²) in [7, 11) is 0. The van der Waals surface area contributed by atoms with Crippen LogP contribution < -0.4 is 5.48 Å². The molecule has 1 heterocycles. The summed E-state index contributed by atoms with van der Waals surface area (Å²) >= 11 is 6.27. The number of aromatic nitrogens is 2. The van der Waals surface area contributed by atoms with E-state index in [-0.39, 0.29) is 12.4 Å². The zero-order chi connectivity index (χ0) is 17.6. The molecular weight excluding hydrogens is 373 g/mol. The van der Waals surface area contributed by atoms with Crippen LogP contribution in [-0.4, -0.2) is 21.1 Å². The van der Waals surface area contributed by atoms with Crippen LogP contribution >= 0.6 is 24.0 Å². The zero-order valence-electron chi connectivity index (χ0n) is 13.6. The third-order valence-electron chi connectivity index (χ3n) is 3.64. The number of rotatable bonds is 5. The second kappa shape index (κ2) is 9.20. The van der Waals surface area contributed by atoms with Crippen LogP contribution in [0.25, 0.3) is 17.3 Å². The number of imidazole rings is 1. The minimum absolute atomic E-state index is 0. The Bertz CT molecular complexity index is 891. The van der Waals surface area contributed by atoms with E-state index in [1.807, 2.05) is 54.6 Å². The lowest BCUT2D eigenvalue weighted by Crippen LogP contribution is -2.14. The molecule has 0 bridgehead atoms. The van der Waals surface area contributed by atoms with Gasteiger partial charge in [0.1, 0.15) is 16.7 Å². The van der Waals surface area contributed by atoms with Gasteiger partial charge in [-0.3, -0.25) is 10.0 Å². The molecule has 0 aliphatic rings. The average molecular weight is 390 g/mol. The van der Waals surface area contributed by atoms with Gasteiger partial charge in [0, 0.05) is 18.1 Å². The molecule has 1 amide bonds. The molecule has 0 atom stereocenters. The van der Waals surface area contributed by atoms with E-state index in [0.717, 1.165) is 28.2 Å². The number of H-pyrrole nitrogens is 1. The monoisotopic (exact) mass is 389 g/mol. The van der Waals surface area contributed by atoms with Crippen molar-refractivity contribution in [3.63, 3.8) is 0 Å². The number of amides is 1. The van der Waals surface area contributed by atoms with Gasteiger partial charge in [0.05, 0.1) is 0 Å². The SMILES string of the molecule is Cl.O=C(/C=C/c1ccc(Cc2nc(-c3ccccc3)c(Cl)[nH]2)cc1)NO. The van der Waals surface area contributed by atoms with Gasteiger partial charge in [-0.05, 0) is 17.2 Å². The van der Waals surface area contributed by atoms with Gasteiger partial charge < -0.3 is 4.98 Å². The second-order valence-corrected chi connectivity index (χ2v) is 5.82. The first-order valence-corrected chi connectivity index (χ1v) is 8.04. The maximum Gasteiger partial charge on any atom is 0.267 e. The van der Waals surface area contributed by atoms with Gasteiger partial charge in [-0.2, -0.15) is 0 Å². The molecule has 134 valence electrons. The molecule has 2 aromatic carbocycles. The third-order valence-corrected chi connectivity index (χ3v) is 3.92. The van der Waals surface area contributed by atoms with Gasteiger partial charge in [0.2, 0.25) is 0 Å². The van der Waals surface area contributed by atoms with Crippen molar-refractivity contribution in [2.24, 2.45) is 0 Å². The number of hydrogen-bond acceptors (Lipinski definition) is 3. The second-order valence-electron chi connectivity index (χ2n) is 5.44. The first-order chi connectivity index (χ1) is 12.2. The molecule has 0 fully saturated rings. The fourth-order valence-corrected chi connectivity index (χ4v) is 2.68. The highest BCUT2D eigenvalue weighted by atomic mass is 35.5. The van der Waals surface area contributed by atoms with Gasteiger partial charge in [-0.25, -0.2) is 10.5 Å². The van der Waals surface area contributed by atoms with Crippen molar-refractivity contribution in [3.8, 4) is 11.3 Å². The molecule has 3 N–H and O–H groups in total. The molecule has 7 heteroatoms. The van der Waals surface area contributed by atoms with Crippen LogP contribution in [0, 0.1) is 0 Å². The van der Waals surface area contributed by atoms with E-state index in [9.17, 15) is 4.79 Å². The summed E-state index contributed by atoms with van der Waals surface area (Å²) in [5.41, 5.74) is 5.18. The number of benzene rings is 2. The number of carbonyl (C=O) groups excluding carboxylic acids is 1. The summed E-state index contributed by atoms with van der Waals surface area (Å²) in [6.45, 7) is 0. The largest absolute Gasteiger partial charge is 0.332 e. The fourth-order valence-electron chi connectivity index (χ4n) is 2.42. The number of hydrogen-bond donors (Lipinski definition) is 3. The van der Waals surface area contributed by atoms with E-state index >= 15 is 0 Å². The Morgan fingerprint density at radius 3 is 2.50 bits per heavy atom. The van der Waals surface area contributed by atoms with E-state index in [0.29, 0.717) is 11.6 Å². The number of nitrogens with zero attached hydrogens (tertiary/aromatic N) is 1. The van der Waals surface area contributed by atoms with E-state index in [1.54, 1.807) is 11.6 Å². The highest BCUT2D eigenvalue weighted by Gasteiger charge is 2.10. The zero-order valence-corrected chi connectivity index (χ0v) is 15.2. The van der Waals surface area contributed by atoms with Crippen molar-refractivity contribution in [1.29, 1.82) is 0 Å². The van der Waals surface area contributed by atoms with Crippen LogP contribution in [0.4, 0.5) is 0 Å². The Morgan fingerprint density at radius 2 is 1.85 bits per heavy atom. The van der Waals surface area contributed by atoms with Crippen molar-refractivity contribution in [3.05, 3.63) is 82.8 Å². The fraction of sp³-hybridized carbons (Fsp3) is 0.0526. The van der Waals surface area contributed by atoms with Crippen molar-refractivity contribution in [2.45, 2.75) is 6.42 Å². The lowest BCUT2D eigenvalue weighted by Gasteiger charge is -2.00. The maximum atomic E-state index is 11.0. The molecule has 1 aromatic heterocycles. The Labute approximate surface area is 162 Å². The third kappa shape index (κ3) is 4.95. The first kappa shape index (κ1) is 19.7. The van der Waals surface area contributed by atoms with Gasteiger partial charge >= 0.3 is 0 Å². The Kier molecular flexibility index (Phi) is 6.97. The molecule has 0 saturated carbocycles. The lowest BCUT2D eigenvalue weighted by molar-refractivity contribution is -0.124. The van der Waals surface area contributed by atoms with Crippen LogP contribution in [0.5, 0.6) is 0 Å². The average Bonchev–Trinajstić information content (AvgIpc) is 3.01. The van der Waals surface area contributed by atoms with Crippen molar-refractivity contribution in [1.82, 2.24) is 15.4 Å².